The molecule has 0 spiro atoms. The number of rotatable bonds is 17. The molecule has 0 saturated carbocycles. The van der Waals surface area contributed by atoms with Gasteiger partial charge >= 0.3 is 6.36 Å². The van der Waals surface area contributed by atoms with Gasteiger partial charge in [-0.1, -0.05) is 35.9 Å². The average molecular weight is 971 g/mol. The van der Waals surface area contributed by atoms with Crippen LogP contribution in [0.1, 0.15) is 62.3 Å². The van der Waals surface area contributed by atoms with Crippen LogP contribution in [-0.4, -0.2) is 150 Å². The average Bonchev–Trinajstić information content (AvgIpc) is 3.99. The van der Waals surface area contributed by atoms with Crippen molar-refractivity contribution in [2.45, 2.75) is 77.0 Å². The van der Waals surface area contributed by atoms with E-state index in [4.69, 9.17) is 25.8 Å². The van der Waals surface area contributed by atoms with Crippen molar-refractivity contribution in [3.8, 4) is 28.1 Å². The van der Waals surface area contributed by atoms with Gasteiger partial charge in [-0.3, -0.25) is 24.6 Å². The molecule has 0 radical (unpaired) electrons. The highest BCUT2D eigenvalue weighted by Crippen LogP contribution is 2.41. The van der Waals surface area contributed by atoms with Crippen molar-refractivity contribution in [2.24, 2.45) is 11.3 Å². The minimum Gasteiger partial charge on any atom is -0.405 e. The van der Waals surface area contributed by atoms with Gasteiger partial charge in [0, 0.05) is 77.5 Å². The number of hydrogen-bond acceptors (Lipinski definition) is 14. The van der Waals surface area contributed by atoms with Gasteiger partial charge in [0.15, 0.2) is 5.78 Å². The molecule has 5 atom stereocenters. The number of carbonyl (C=O) groups excluding carboxylic acids is 3. The Morgan fingerprint density at radius 2 is 1.72 bits per heavy atom. The van der Waals surface area contributed by atoms with Gasteiger partial charge in [0.05, 0.1) is 64.9 Å². The summed E-state index contributed by atoms with van der Waals surface area (Å²) in [5.41, 5.74) is 0.777. The van der Waals surface area contributed by atoms with Crippen LogP contribution < -0.4 is 20.3 Å². The van der Waals surface area contributed by atoms with E-state index in [0.29, 0.717) is 87.1 Å². The van der Waals surface area contributed by atoms with Crippen molar-refractivity contribution in [2.75, 3.05) is 77.0 Å². The number of piperazine rings is 1. The number of ether oxygens (including phenoxy) is 4. The van der Waals surface area contributed by atoms with Crippen LogP contribution in [0.4, 0.5) is 24.7 Å². The predicted octanol–water partition coefficient (Wildman–Crippen LogP) is 5.64. The lowest BCUT2D eigenvalue weighted by Gasteiger charge is -2.42. The molecule has 4 aromatic rings. The van der Waals surface area contributed by atoms with Gasteiger partial charge in [-0.25, -0.2) is 9.97 Å². The highest BCUT2D eigenvalue weighted by molar-refractivity contribution is 6.34. The van der Waals surface area contributed by atoms with Crippen LogP contribution in [0.5, 0.6) is 5.75 Å². The Labute approximate surface area is 397 Å². The summed E-state index contributed by atoms with van der Waals surface area (Å²) >= 11 is 6.62. The van der Waals surface area contributed by atoms with E-state index in [-0.39, 0.29) is 70.8 Å². The van der Waals surface area contributed by atoms with Gasteiger partial charge in [0.25, 0.3) is 5.91 Å². The zero-order chi connectivity index (χ0) is 48.9. The minimum absolute atomic E-state index is 0.0208. The predicted molar refractivity (Wildman–Crippen MR) is 246 cm³/mol. The Balaban J connectivity index is 1.04. The van der Waals surface area contributed by atoms with Gasteiger partial charge < -0.3 is 49.3 Å². The standard InChI is InChI=1S/C47H58ClF3N8O9/c1-27-23-57(44(63)46(2,3)26-60)14-15-59(27)40-11-10-31(21-52-40)43(62)55-35-20-39(68-47(49,50)51)33(19-34(35)48)28-6-8-29(9-7-28)36-22-53-42(54-36)37-18-32(65-4)24-58(37)25-38(61)41(56-45(64)66-5)30-12-16-67-17-13-30/h6-11,19-22,27,30,32,37,41,45,56,60,64H,12-18,23-26H2,1-5H3,(H,53,54)(H,55,62)/t27-,32+,37+,41+,45?/m1/s1. The summed E-state index contributed by atoms with van der Waals surface area (Å²) < 4.78 is 62.2. The number of imidazole rings is 1. The number of benzene rings is 2. The number of pyridine rings is 1. The second-order valence-electron chi connectivity index (χ2n) is 18.0. The molecular formula is C47H58ClF3N8O9. The Kier molecular flexibility index (Phi) is 16.1. The first-order valence-corrected chi connectivity index (χ1v) is 22.8. The largest absolute Gasteiger partial charge is 0.573 e. The minimum atomic E-state index is -5.07. The Morgan fingerprint density at radius 1 is 1.00 bits per heavy atom. The van der Waals surface area contributed by atoms with Gasteiger partial charge in [0.1, 0.15) is 17.4 Å². The number of alkyl halides is 3. The fourth-order valence-electron chi connectivity index (χ4n) is 8.98. The number of methoxy groups -OCH3 is 2. The molecule has 0 aliphatic carbocycles. The maximum Gasteiger partial charge on any atom is 0.573 e. The summed E-state index contributed by atoms with van der Waals surface area (Å²) in [6, 6.07) is 11.1. The monoisotopic (exact) mass is 970 g/mol. The van der Waals surface area contributed by atoms with E-state index in [1.54, 1.807) is 62.4 Å². The number of aliphatic hydroxyl groups excluding tert-OH is 2. The van der Waals surface area contributed by atoms with E-state index in [1.807, 2.05) is 16.7 Å². The Bertz CT molecular complexity index is 2380. The van der Waals surface area contributed by atoms with E-state index < -0.39 is 35.9 Å². The summed E-state index contributed by atoms with van der Waals surface area (Å²) in [6.45, 7) is 7.95. The second-order valence-corrected chi connectivity index (χ2v) is 18.4. The maximum absolute atomic E-state index is 13.9. The summed E-state index contributed by atoms with van der Waals surface area (Å²) in [5.74, 6) is -0.386. The molecule has 17 nitrogen and oxygen atoms in total. The van der Waals surface area contributed by atoms with Crippen LogP contribution in [0.15, 0.2) is 60.9 Å². The SMILES string of the molecule is COC(O)N[C@H](C(=O)CN1C[C@@H](OC)C[C@H]1c1ncc(-c2ccc(-c3cc(Cl)c(NC(=O)c4ccc(N5CCN(C(=O)C(C)(C)CO)C[C@H]5C)nc4)cc3OC(F)(F)F)cc2)[nH]1)C1CCOCC1. The van der Waals surface area contributed by atoms with Crippen molar-refractivity contribution >= 4 is 40.7 Å². The highest BCUT2D eigenvalue weighted by Gasteiger charge is 2.40. The quantitative estimate of drug-likeness (QED) is 0.0814. The number of aromatic amines is 1. The Hall–Kier alpha value is -5.19. The third-order valence-corrected chi connectivity index (χ3v) is 13.2. The fraction of sp³-hybridized carbons (Fsp3) is 0.511. The molecule has 21 heteroatoms. The van der Waals surface area contributed by atoms with Crippen LogP contribution in [0.3, 0.4) is 0 Å². The van der Waals surface area contributed by atoms with Crippen molar-refractivity contribution in [3.05, 3.63) is 77.3 Å². The van der Waals surface area contributed by atoms with E-state index in [1.165, 1.54) is 25.4 Å². The number of hydrogen-bond donors (Lipinski definition) is 5. The zero-order valence-corrected chi connectivity index (χ0v) is 39.3. The van der Waals surface area contributed by atoms with E-state index in [2.05, 4.69) is 30.3 Å². The number of amides is 2. The molecule has 1 unspecified atom stereocenters. The number of carbonyl (C=O) groups is 3. The van der Waals surface area contributed by atoms with E-state index in [9.17, 15) is 37.8 Å². The highest BCUT2D eigenvalue weighted by atomic mass is 35.5. The van der Waals surface area contributed by atoms with Crippen molar-refractivity contribution < 1.29 is 56.7 Å². The first kappa shape index (κ1) is 50.7. The molecule has 3 fully saturated rings. The molecular weight excluding hydrogens is 913 g/mol. The topological polar surface area (TPSA) is 204 Å². The van der Waals surface area contributed by atoms with Crippen molar-refractivity contribution in [3.63, 3.8) is 0 Å². The molecule has 7 rings (SSSR count). The number of likely N-dealkylation sites (tertiary alicyclic amines) is 1. The van der Waals surface area contributed by atoms with Crippen LogP contribution in [0, 0.1) is 11.3 Å². The smallest absolute Gasteiger partial charge is 0.405 e. The summed E-state index contributed by atoms with van der Waals surface area (Å²) in [4.78, 5) is 58.4. The molecule has 0 bridgehead atoms. The lowest BCUT2D eigenvalue weighted by atomic mass is 9.88. The zero-order valence-electron chi connectivity index (χ0n) is 38.5. The number of aliphatic hydroxyl groups is 2. The molecule has 5 heterocycles. The van der Waals surface area contributed by atoms with Crippen LogP contribution >= 0.6 is 11.6 Å². The number of nitrogens with zero attached hydrogens (tertiary/aromatic N) is 5. The van der Waals surface area contributed by atoms with Gasteiger partial charge in [-0.2, -0.15) is 0 Å². The van der Waals surface area contributed by atoms with Crippen molar-refractivity contribution in [1.82, 2.24) is 30.1 Å². The molecule has 3 aliphatic heterocycles. The second kappa shape index (κ2) is 21.6. The summed E-state index contributed by atoms with van der Waals surface area (Å²) in [6.07, 6.45) is -1.69. The first-order valence-electron chi connectivity index (χ1n) is 22.4. The normalized spacial score (nSPS) is 20.6. The third kappa shape index (κ3) is 12.0. The summed E-state index contributed by atoms with van der Waals surface area (Å²) in [7, 11) is 2.96. The molecule has 2 aromatic carbocycles. The van der Waals surface area contributed by atoms with Crippen LogP contribution in [-0.2, 0) is 23.8 Å². The number of nitrogens with one attached hydrogen (secondary N) is 3. The number of ketones is 1. The number of H-pyrrole nitrogens is 1. The van der Waals surface area contributed by atoms with Gasteiger partial charge in [0.2, 0.25) is 12.3 Å². The number of halogens is 4. The molecule has 3 saturated heterocycles. The van der Waals surface area contributed by atoms with Crippen LogP contribution in [0.2, 0.25) is 5.02 Å². The fourth-order valence-corrected chi connectivity index (χ4v) is 9.19. The first-order chi connectivity index (χ1) is 32.4. The van der Waals surface area contributed by atoms with Gasteiger partial charge in [-0.15, -0.1) is 13.2 Å². The maximum atomic E-state index is 13.9. The number of anilines is 2. The number of Topliss-reactive ketones (excluding diaryl/α,β-unsaturated/α-hetero) is 1. The lowest BCUT2D eigenvalue weighted by molar-refractivity contribution is -0.274. The molecule has 2 amide bonds. The third-order valence-electron chi connectivity index (χ3n) is 12.8. The molecule has 5 N–H and O–H groups in total. The number of aromatic nitrogens is 3. The molecule has 2 aromatic heterocycles. The lowest BCUT2D eigenvalue weighted by Crippen LogP contribution is -2.56. The molecule has 3 aliphatic rings. The molecule has 368 valence electrons. The Morgan fingerprint density at radius 3 is 2.35 bits per heavy atom. The van der Waals surface area contributed by atoms with Crippen LogP contribution in [0.25, 0.3) is 22.4 Å². The van der Waals surface area contributed by atoms with Crippen molar-refractivity contribution in [1.29, 1.82) is 0 Å². The molecule has 68 heavy (non-hydrogen) atoms. The van der Waals surface area contributed by atoms with E-state index >= 15 is 0 Å². The van der Waals surface area contributed by atoms with E-state index in [0.717, 1.165) is 6.07 Å². The summed E-state index contributed by atoms with van der Waals surface area (Å²) in [5, 5.41) is 25.4. The van der Waals surface area contributed by atoms with Gasteiger partial charge in [-0.05, 0) is 75.3 Å².